The molecule has 0 aliphatic rings. The largest absolute Gasteiger partial charge is 0.493 e. The molecule has 2 rings (SSSR count). The molecule has 0 amide bonds. The number of fused-ring (bicyclic) bond motifs is 1. The lowest BCUT2D eigenvalue weighted by atomic mass is 10.1. The lowest BCUT2D eigenvalue weighted by molar-refractivity contribution is 0.244. The Balaban J connectivity index is 2.40. The van der Waals surface area contributed by atoms with E-state index in [1.165, 1.54) is 0 Å². The molecule has 1 unspecified atom stereocenters. The molecule has 0 radical (unpaired) electrons. The first-order valence-corrected chi connectivity index (χ1v) is 6.55. The molecule has 0 spiro atoms. The van der Waals surface area contributed by atoms with Crippen LogP contribution in [0.4, 0.5) is 5.82 Å². The fourth-order valence-electron chi connectivity index (χ4n) is 1.98. The van der Waals surface area contributed by atoms with Gasteiger partial charge in [0.25, 0.3) is 0 Å². The summed E-state index contributed by atoms with van der Waals surface area (Å²) in [7, 11) is 3.23. The summed E-state index contributed by atoms with van der Waals surface area (Å²) in [6.45, 7) is 2.79. The average molecular weight is 276 g/mol. The molecule has 0 bridgehead atoms. The monoisotopic (exact) mass is 276 g/mol. The molecule has 1 atom stereocenters. The minimum atomic E-state index is 0.148. The van der Waals surface area contributed by atoms with Crippen LogP contribution in [-0.2, 0) is 0 Å². The van der Waals surface area contributed by atoms with Crippen molar-refractivity contribution in [2.45, 2.75) is 6.92 Å². The molecular formula is C15H20N2O3. The number of ether oxygens (including phenoxy) is 2. The van der Waals surface area contributed by atoms with Crippen molar-refractivity contribution >= 4 is 16.6 Å². The second-order valence-corrected chi connectivity index (χ2v) is 4.76. The Hall–Kier alpha value is -2.01. The summed E-state index contributed by atoms with van der Waals surface area (Å²) < 4.78 is 10.6. The molecule has 20 heavy (non-hydrogen) atoms. The number of hydrogen-bond donors (Lipinski definition) is 2. The number of aliphatic hydroxyl groups excluding tert-OH is 1. The van der Waals surface area contributed by atoms with Crippen molar-refractivity contribution in [3.8, 4) is 11.5 Å². The van der Waals surface area contributed by atoms with E-state index in [-0.39, 0.29) is 12.5 Å². The minimum absolute atomic E-state index is 0.148. The molecule has 0 fully saturated rings. The van der Waals surface area contributed by atoms with Crippen molar-refractivity contribution in [3.63, 3.8) is 0 Å². The van der Waals surface area contributed by atoms with Crippen LogP contribution in [0.3, 0.4) is 0 Å². The van der Waals surface area contributed by atoms with Crippen LogP contribution < -0.4 is 14.8 Å². The van der Waals surface area contributed by atoms with Crippen molar-refractivity contribution in [3.05, 3.63) is 24.4 Å². The van der Waals surface area contributed by atoms with Crippen LogP contribution in [0.25, 0.3) is 10.8 Å². The zero-order chi connectivity index (χ0) is 14.5. The van der Waals surface area contributed by atoms with Gasteiger partial charge in [-0.2, -0.15) is 0 Å². The zero-order valence-corrected chi connectivity index (χ0v) is 12.0. The Kier molecular flexibility index (Phi) is 4.63. The Labute approximate surface area is 118 Å². The Morgan fingerprint density at radius 2 is 1.95 bits per heavy atom. The molecule has 2 aromatic rings. The van der Waals surface area contributed by atoms with Gasteiger partial charge in [0.1, 0.15) is 5.82 Å². The van der Waals surface area contributed by atoms with Gasteiger partial charge in [-0.15, -0.1) is 0 Å². The van der Waals surface area contributed by atoms with Gasteiger partial charge in [0.2, 0.25) is 0 Å². The standard InChI is InChI=1S/C15H20N2O3/c1-10(9-18)8-17-15-12-7-14(20-3)13(19-2)6-11(12)4-5-16-15/h4-7,10,18H,8-9H2,1-3H3,(H,16,17). The summed E-state index contributed by atoms with van der Waals surface area (Å²) in [5, 5.41) is 14.3. The maximum absolute atomic E-state index is 9.08. The Morgan fingerprint density at radius 1 is 1.25 bits per heavy atom. The molecule has 108 valence electrons. The molecule has 5 nitrogen and oxygen atoms in total. The van der Waals surface area contributed by atoms with Gasteiger partial charge < -0.3 is 19.9 Å². The summed E-state index contributed by atoms with van der Waals surface area (Å²) >= 11 is 0. The topological polar surface area (TPSA) is 63.6 Å². The lowest BCUT2D eigenvalue weighted by Gasteiger charge is -2.14. The zero-order valence-electron chi connectivity index (χ0n) is 12.0. The maximum atomic E-state index is 9.08. The fraction of sp³-hybridized carbons (Fsp3) is 0.400. The number of methoxy groups -OCH3 is 2. The number of pyridine rings is 1. The van der Waals surface area contributed by atoms with Crippen molar-refractivity contribution < 1.29 is 14.6 Å². The number of anilines is 1. The number of nitrogens with zero attached hydrogens (tertiary/aromatic N) is 1. The molecular weight excluding hydrogens is 256 g/mol. The first-order chi connectivity index (χ1) is 9.69. The van der Waals surface area contributed by atoms with E-state index >= 15 is 0 Å². The van der Waals surface area contributed by atoms with Gasteiger partial charge in [-0.05, 0) is 29.5 Å². The molecule has 0 aliphatic heterocycles. The summed E-state index contributed by atoms with van der Waals surface area (Å²) in [6.07, 6.45) is 1.75. The normalized spacial score (nSPS) is 12.2. The van der Waals surface area contributed by atoms with E-state index in [9.17, 15) is 0 Å². The first-order valence-electron chi connectivity index (χ1n) is 6.55. The lowest BCUT2D eigenvalue weighted by Crippen LogP contribution is -2.15. The van der Waals surface area contributed by atoms with E-state index in [1.807, 2.05) is 25.1 Å². The molecule has 1 aromatic heterocycles. The Bertz CT molecular complexity index is 587. The van der Waals surface area contributed by atoms with E-state index < -0.39 is 0 Å². The molecule has 1 heterocycles. The number of aliphatic hydroxyl groups is 1. The van der Waals surface area contributed by atoms with Crippen LogP contribution in [0, 0.1) is 5.92 Å². The van der Waals surface area contributed by atoms with Crippen LogP contribution in [-0.4, -0.2) is 37.5 Å². The van der Waals surface area contributed by atoms with Gasteiger partial charge in [0, 0.05) is 24.7 Å². The van der Waals surface area contributed by atoms with E-state index in [0.29, 0.717) is 18.0 Å². The molecule has 0 aliphatic carbocycles. The van der Waals surface area contributed by atoms with E-state index in [0.717, 1.165) is 16.6 Å². The first kappa shape index (κ1) is 14.4. The number of aromatic nitrogens is 1. The predicted octanol–water partition coefficient (Wildman–Crippen LogP) is 2.29. The van der Waals surface area contributed by atoms with E-state index in [1.54, 1.807) is 20.4 Å². The molecule has 5 heteroatoms. The van der Waals surface area contributed by atoms with Gasteiger partial charge in [0.15, 0.2) is 11.5 Å². The number of benzene rings is 1. The van der Waals surface area contributed by atoms with Crippen molar-refractivity contribution in [1.82, 2.24) is 4.98 Å². The van der Waals surface area contributed by atoms with Crippen molar-refractivity contribution in [1.29, 1.82) is 0 Å². The predicted molar refractivity (Wildman–Crippen MR) is 79.6 cm³/mol. The second kappa shape index (κ2) is 6.43. The van der Waals surface area contributed by atoms with Crippen LogP contribution in [0.5, 0.6) is 11.5 Å². The summed E-state index contributed by atoms with van der Waals surface area (Å²) in [5.41, 5.74) is 0. The summed E-state index contributed by atoms with van der Waals surface area (Å²) in [6, 6.07) is 5.77. The number of nitrogens with one attached hydrogen (secondary N) is 1. The highest BCUT2D eigenvalue weighted by atomic mass is 16.5. The molecule has 0 saturated carbocycles. The minimum Gasteiger partial charge on any atom is -0.493 e. The molecule has 2 N–H and O–H groups in total. The van der Waals surface area contributed by atoms with Crippen LogP contribution in [0.1, 0.15) is 6.92 Å². The third-order valence-electron chi connectivity index (χ3n) is 3.20. The summed E-state index contributed by atoms with van der Waals surface area (Å²) in [4.78, 5) is 4.35. The number of hydrogen-bond acceptors (Lipinski definition) is 5. The number of rotatable bonds is 6. The van der Waals surface area contributed by atoms with Crippen LogP contribution in [0.2, 0.25) is 0 Å². The highest BCUT2D eigenvalue weighted by Crippen LogP contribution is 2.34. The van der Waals surface area contributed by atoms with E-state index in [4.69, 9.17) is 14.6 Å². The summed E-state index contributed by atoms with van der Waals surface area (Å²) in [5.74, 6) is 2.32. The smallest absolute Gasteiger partial charge is 0.161 e. The SMILES string of the molecule is COc1cc2ccnc(NCC(C)CO)c2cc1OC. The van der Waals surface area contributed by atoms with Gasteiger partial charge >= 0.3 is 0 Å². The molecule has 1 aromatic carbocycles. The fourth-order valence-corrected chi connectivity index (χ4v) is 1.98. The average Bonchev–Trinajstić information content (AvgIpc) is 2.50. The van der Waals surface area contributed by atoms with Crippen LogP contribution >= 0.6 is 0 Å². The van der Waals surface area contributed by atoms with Crippen molar-refractivity contribution in [2.24, 2.45) is 5.92 Å². The highest BCUT2D eigenvalue weighted by molar-refractivity contribution is 5.94. The highest BCUT2D eigenvalue weighted by Gasteiger charge is 2.10. The van der Waals surface area contributed by atoms with Gasteiger partial charge in [0.05, 0.1) is 14.2 Å². The quantitative estimate of drug-likeness (QED) is 0.847. The second-order valence-electron chi connectivity index (χ2n) is 4.76. The third-order valence-corrected chi connectivity index (χ3v) is 3.20. The van der Waals surface area contributed by atoms with E-state index in [2.05, 4.69) is 10.3 Å². The maximum Gasteiger partial charge on any atom is 0.161 e. The third kappa shape index (κ3) is 2.93. The van der Waals surface area contributed by atoms with Gasteiger partial charge in [-0.1, -0.05) is 6.92 Å². The van der Waals surface area contributed by atoms with Crippen molar-refractivity contribution in [2.75, 3.05) is 32.7 Å². The molecule has 0 saturated heterocycles. The van der Waals surface area contributed by atoms with Crippen LogP contribution in [0.15, 0.2) is 24.4 Å². The van der Waals surface area contributed by atoms with Gasteiger partial charge in [-0.25, -0.2) is 4.98 Å². The van der Waals surface area contributed by atoms with Gasteiger partial charge in [-0.3, -0.25) is 0 Å². The Morgan fingerprint density at radius 3 is 2.60 bits per heavy atom.